The molecule has 0 saturated carbocycles. The van der Waals surface area contributed by atoms with Gasteiger partial charge in [-0.3, -0.25) is 0 Å². The van der Waals surface area contributed by atoms with Crippen molar-refractivity contribution in [3.63, 3.8) is 0 Å². The summed E-state index contributed by atoms with van der Waals surface area (Å²) in [6.45, 7) is 7.69. The topological polar surface area (TPSA) is 29.5 Å². The maximum Gasteiger partial charge on any atom is 0.329 e. The number of esters is 1. The fourth-order valence-electron chi connectivity index (χ4n) is 0.342. The Morgan fingerprint density at radius 2 is 1.92 bits per heavy atom. The van der Waals surface area contributed by atoms with Gasteiger partial charge in [0.05, 0.1) is 7.11 Å². The Bertz CT molecular complexity index is 147. The van der Waals surface area contributed by atoms with E-state index in [0.29, 0.717) is 0 Å². The zero-order chi connectivity index (χ0) is 9.98. The number of hydrogen-bond donors (Lipinski definition) is 0. The quantitative estimate of drug-likeness (QED) is 0.399. The van der Waals surface area contributed by atoms with Crippen molar-refractivity contribution in [2.24, 2.45) is 0 Å². The van der Waals surface area contributed by atoms with Crippen molar-refractivity contribution in [2.75, 3.05) is 27.7 Å². The van der Waals surface area contributed by atoms with Crippen molar-refractivity contribution in [1.29, 1.82) is 0 Å². The lowest BCUT2D eigenvalue weighted by Crippen LogP contribution is -2.09. The Labute approximate surface area is 86.5 Å². The molecule has 0 atom stereocenters. The number of likely N-dealkylation sites (N-methyl/N-ethyl adjacent to an activating group) is 1. The first-order valence-corrected chi connectivity index (χ1v) is 3.54. The molecule has 4 heteroatoms. The highest BCUT2D eigenvalue weighted by molar-refractivity contribution is 5.85. The molecular weight excluding hydrogens is 190 g/mol. The van der Waals surface area contributed by atoms with E-state index in [-0.39, 0.29) is 12.4 Å². The number of hydrogen-bond acceptors (Lipinski definition) is 3. The molecule has 0 rings (SSSR count). The lowest BCUT2D eigenvalue weighted by Gasteiger charge is -2.01. The molecule has 0 aromatic carbocycles. The highest BCUT2D eigenvalue weighted by Gasteiger charge is 1.81. The van der Waals surface area contributed by atoms with Gasteiger partial charge in [0.25, 0.3) is 0 Å². The molecule has 0 bridgehead atoms. The molecule has 0 amide bonds. The molecule has 0 aliphatic rings. The van der Waals surface area contributed by atoms with Crippen LogP contribution in [0.5, 0.6) is 0 Å². The molecule has 0 aliphatic heterocycles. The van der Waals surface area contributed by atoms with Crippen molar-refractivity contribution in [2.45, 2.75) is 0 Å². The molecule has 78 valence electrons. The number of halogens is 1. The van der Waals surface area contributed by atoms with Crippen LogP contribution in [0.15, 0.2) is 25.3 Å². The van der Waals surface area contributed by atoms with Gasteiger partial charge in [-0.15, -0.1) is 19.0 Å². The van der Waals surface area contributed by atoms with Crippen LogP contribution in [-0.2, 0) is 9.53 Å². The standard InChI is InChI=1S/C5H11N.C4H6O2.ClH/c1-4-5-6(2)3;1-3-4(5)6-2;/h4H,1,5H2,2-3H3;3H,1H2,2H3;1H. The number of carbonyl (C=O) groups is 1. The van der Waals surface area contributed by atoms with Crippen molar-refractivity contribution < 1.29 is 9.53 Å². The van der Waals surface area contributed by atoms with Crippen molar-refractivity contribution in [1.82, 2.24) is 4.90 Å². The molecule has 0 unspecified atom stereocenters. The minimum absolute atomic E-state index is 0. The van der Waals surface area contributed by atoms with Crippen LogP contribution in [0.2, 0.25) is 0 Å². The second-order valence-electron chi connectivity index (χ2n) is 2.28. The van der Waals surface area contributed by atoms with E-state index in [4.69, 9.17) is 0 Å². The van der Waals surface area contributed by atoms with Crippen LogP contribution in [0.25, 0.3) is 0 Å². The smallest absolute Gasteiger partial charge is 0.329 e. The van der Waals surface area contributed by atoms with Crippen LogP contribution in [0.1, 0.15) is 0 Å². The lowest BCUT2D eigenvalue weighted by atomic mass is 10.6. The van der Waals surface area contributed by atoms with Crippen LogP contribution in [0, 0.1) is 0 Å². The molecule has 0 aromatic heterocycles. The second-order valence-corrected chi connectivity index (χ2v) is 2.28. The van der Waals surface area contributed by atoms with E-state index >= 15 is 0 Å². The van der Waals surface area contributed by atoms with E-state index in [1.165, 1.54) is 7.11 Å². The van der Waals surface area contributed by atoms with Gasteiger partial charge in [0.15, 0.2) is 0 Å². The Morgan fingerprint density at radius 1 is 1.46 bits per heavy atom. The van der Waals surface area contributed by atoms with Crippen molar-refractivity contribution in [3.8, 4) is 0 Å². The van der Waals surface area contributed by atoms with Crippen molar-refractivity contribution >= 4 is 18.4 Å². The summed E-state index contributed by atoms with van der Waals surface area (Å²) in [7, 11) is 5.34. The van der Waals surface area contributed by atoms with E-state index in [0.717, 1.165) is 12.6 Å². The zero-order valence-corrected chi connectivity index (χ0v) is 9.26. The van der Waals surface area contributed by atoms with E-state index in [1.54, 1.807) is 0 Å². The van der Waals surface area contributed by atoms with Gasteiger partial charge >= 0.3 is 5.97 Å². The summed E-state index contributed by atoms with van der Waals surface area (Å²) < 4.78 is 4.14. The molecule has 0 saturated heterocycles. The van der Waals surface area contributed by atoms with Crippen LogP contribution < -0.4 is 0 Å². The highest BCUT2D eigenvalue weighted by atomic mass is 35.5. The first kappa shape index (κ1) is 18.1. The third-order valence-corrected chi connectivity index (χ3v) is 0.862. The predicted octanol–water partition coefficient (Wildman–Crippen LogP) is 1.50. The van der Waals surface area contributed by atoms with Gasteiger partial charge < -0.3 is 9.64 Å². The normalized spacial score (nSPS) is 7.38. The summed E-state index contributed by atoms with van der Waals surface area (Å²) in [5, 5.41) is 0. The predicted molar refractivity (Wildman–Crippen MR) is 58.2 cm³/mol. The molecule has 0 aromatic rings. The first-order chi connectivity index (χ1) is 5.58. The van der Waals surface area contributed by atoms with E-state index < -0.39 is 5.97 Å². The van der Waals surface area contributed by atoms with Crippen LogP contribution in [-0.4, -0.2) is 38.6 Å². The SMILES string of the molecule is C=CC(=O)OC.C=CCN(C)C.Cl. The third-order valence-electron chi connectivity index (χ3n) is 0.862. The Hall–Kier alpha value is -0.800. The molecule has 13 heavy (non-hydrogen) atoms. The molecule has 0 N–H and O–H groups in total. The summed E-state index contributed by atoms with van der Waals surface area (Å²) in [5.74, 6) is -0.394. The number of ether oxygens (including phenoxy) is 1. The third kappa shape index (κ3) is 24.7. The molecule has 0 aliphatic carbocycles. The molecule has 0 radical (unpaired) electrons. The minimum Gasteiger partial charge on any atom is -0.466 e. The van der Waals surface area contributed by atoms with Gasteiger partial charge in [-0.1, -0.05) is 12.7 Å². The Balaban J connectivity index is -0.000000143. The van der Waals surface area contributed by atoms with Gasteiger partial charge in [0, 0.05) is 12.6 Å². The summed E-state index contributed by atoms with van der Waals surface area (Å²) in [5.41, 5.74) is 0. The molecule has 0 fully saturated rings. The molecule has 3 nitrogen and oxygen atoms in total. The van der Waals surface area contributed by atoms with E-state index in [1.807, 2.05) is 20.2 Å². The first-order valence-electron chi connectivity index (χ1n) is 3.54. The monoisotopic (exact) mass is 207 g/mol. The number of methoxy groups -OCH3 is 1. The Morgan fingerprint density at radius 3 is 1.92 bits per heavy atom. The summed E-state index contributed by atoms with van der Waals surface area (Å²) in [4.78, 5) is 11.9. The number of nitrogens with zero attached hydrogens (tertiary/aromatic N) is 1. The second kappa shape index (κ2) is 13.8. The number of carbonyl (C=O) groups excluding carboxylic acids is 1. The van der Waals surface area contributed by atoms with Gasteiger partial charge in [-0.05, 0) is 14.1 Å². The zero-order valence-electron chi connectivity index (χ0n) is 8.45. The molecular formula is C9H18ClNO2. The fourth-order valence-corrected chi connectivity index (χ4v) is 0.342. The maximum atomic E-state index is 9.84. The van der Waals surface area contributed by atoms with Crippen LogP contribution in [0.3, 0.4) is 0 Å². The van der Waals surface area contributed by atoms with Crippen LogP contribution in [0.4, 0.5) is 0 Å². The lowest BCUT2D eigenvalue weighted by molar-refractivity contribution is -0.134. The van der Waals surface area contributed by atoms with Gasteiger partial charge in [-0.25, -0.2) is 4.79 Å². The fraction of sp³-hybridized carbons (Fsp3) is 0.444. The van der Waals surface area contributed by atoms with Crippen LogP contribution >= 0.6 is 12.4 Å². The van der Waals surface area contributed by atoms with Gasteiger partial charge in [0.2, 0.25) is 0 Å². The highest BCUT2D eigenvalue weighted by Crippen LogP contribution is 1.69. The Kier molecular flexibility index (Phi) is 19.1. The summed E-state index contributed by atoms with van der Waals surface area (Å²) in [6.07, 6.45) is 2.99. The van der Waals surface area contributed by atoms with E-state index in [9.17, 15) is 4.79 Å². The largest absolute Gasteiger partial charge is 0.466 e. The summed E-state index contributed by atoms with van der Waals surface area (Å²) >= 11 is 0. The average molecular weight is 208 g/mol. The van der Waals surface area contributed by atoms with Gasteiger partial charge in [-0.2, -0.15) is 0 Å². The maximum absolute atomic E-state index is 9.84. The molecule has 0 spiro atoms. The van der Waals surface area contributed by atoms with Gasteiger partial charge in [0.1, 0.15) is 0 Å². The molecule has 0 heterocycles. The summed E-state index contributed by atoms with van der Waals surface area (Å²) in [6, 6.07) is 0. The number of rotatable bonds is 3. The average Bonchev–Trinajstić information content (AvgIpc) is 2.04. The van der Waals surface area contributed by atoms with Crippen molar-refractivity contribution in [3.05, 3.63) is 25.3 Å². The van der Waals surface area contributed by atoms with E-state index in [2.05, 4.69) is 22.8 Å². The minimum atomic E-state index is -0.394.